The van der Waals surface area contributed by atoms with Crippen molar-refractivity contribution in [3.8, 4) is 0 Å². The second-order valence-corrected chi connectivity index (χ2v) is 6.47. The molecule has 2 heterocycles. The summed E-state index contributed by atoms with van der Waals surface area (Å²) in [5.74, 6) is -1.33. The van der Waals surface area contributed by atoms with Crippen LogP contribution in [0.1, 0.15) is 32.1 Å². The van der Waals surface area contributed by atoms with Crippen molar-refractivity contribution in [1.29, 1.82) is 0 Å². The van der Waals surface area contributed by atoms with Gasteiger partial charge in [0.1, 0.15) is 0 Å². The average molecular weight is 330 g/mol. The molecule has 1 aliphatic heterocycles. The molecule has 0 spiro atoms. The van der Waals surface area contributed by atoms with E-state index >= 15 is 0 Å². The monoisotopic (exact) mass is 330 g/mol. The molecule has 5 nitrogen and oxygen atoms in total. The maximum atomic E-state index is 12.9. The Morgan fingerprint density at radius 3 is 2.74 bits per heavy atom. The minimum Gasteiger partial charge on any atom is -0.308 e. The van der Waals surface area contributed by atoms with Gasteiger partial charge in [-0.05, 0) is 25.7 Å². The Balaban J connectivity index is 1.59. The van der Waals surface area contributed by atoms with Crippen LogP contribution >= 0.6 is 0 Å². The fourth-order valence-corrected chi connectivity index (χ4v) is 3.56. The summed E-state index contributed by atoms with van der Waals surface area (Å²) in [6, 6.07) is -0.634. The molecular weight excluding hydrogens is 309 g/mol. The highest BCUT2D eigenvalue weighted by molar-refractivity contribution is 5.99. The van der Waals surface area contributed by atoms with E-state index in [1.807, 2.05) is 0 Å². The number of amides is 1. The molecule has 1 saturated heterocycles. The fraction of sp³-hybridized carbons (Fsp3) is 0.733. The number of carbonyl (C=O) groups excluding carboxylic acids is 1. The Morgan fingerprint density at radius 2 is 2.09 bits per heavy atom. The van der Waals surface area contributed by atoms with E-state index in [-0.39, 0.29) is 24.8 Å². The van der Waals surface area contributed by atoms with E-state index < -0.39 is 18.1 Å². The number of carbonyl (C=O) groups is 1. The molecule has 3 rings (SSSR count). The number of aromatic nitrogens is 2. The van der Waals surface area contributed by atoms with E-state index in [0.717, 1.165) is 5.69 Å². The van der Waals surface area contributed by atoms with Gasteiger partial charge in [-0.2, -0.15) is 18.3 Å². The lowest BCUT2D eigenvalue weighted by atomic mass is 9.85. The van der Waals surface area contributed by atoms with Gasteiger partial charge in [-0.25, -0.2) is 0 Å². The highest BCUT2D eigenvalue weighted by Gasteiger charge is 2.43. The van der Waals surface area contributed by atoms with Gasteiger partial charge in [-0.3, -0.25) is 9.48 Å². The summed E-state index contributed by atoms with van der Waals surface area (Å²) in [5, 5.41) is 7.21. The smallest absolute Gasteiger partial charge is 0.308 e. The molecule has 3 atom stereocenters. The van der Waals surface area contributed by atoms with Crippen molar-refractivity contribution in [3.63, 3.8) is 0 Å². The second kappa shape index (κ2) is 6.14. The zero-order valence-electron chi connectivity index (χ0n) is 13.0. The molecule has 2 fully saturated rings. The van der Waals surface area contributed by atoms with Crippen LogP contribution in [0, 0.1) is 5.92 Å². The number of hydrogen-bond acceptors (Lipinski definition) is 3. The Hall–Kier alpha value is -1.57. The molecule has 1 amide bonds. The summed E-state index contributed by atoms with van der Waals surface area (Å²) >= 11 is 0. The Labute approximate surface area is 132 Å². The zero-order valence-corrected chi connectivity index (χ0v) is 13.0. The molecule has 0 radical (unpaired) electrons. The number of aryl methyl sites for hydroxylation is 1. The molecule has 0 unspecified atom stereocenters. The van der Waals surface area contributed by atoms with Gasteiger partial charge in [0.2, 0.25) is 5.91 Å². The molecule has 8 heteroatoms. The van der Waals surface area contributed by atoms with Crippen LogP contribution in [0.2, 0.25) is 0 Å². The Bertz CT molecular complexity index is 571. The summed E-state index contributed by atoms with van der Waals surface area (Å²) in [7, 11) is 1.78. The third-order valence-electron chi connectivity index (χ3n) is 4.78. The molecular formula is C15H21F3N4O. The van der Waals surface area contributed by atoms with Gasteiger partial charge in [0.15, 0.2) is 0 Å². The number of hydrogen-bond donors (Lipinski definition) is 1. The van der Waals surface area contributed by atoms with Crippen molar-refractivity contribution < 1.29 is 18.0 Å². The van der Waals surface area contributed by atoms with Crippen molar-refractivity contribution in [2.45, 2.75) is 50.4 Å². The van der Waals surface area contributed by atoms with Crippen molar-refractivity contribution >= 4 is 11.6 Å². The summed E-state index contributed by atoms with van der Waals surface area (Å²) in [4.78, 5) is 14.1. The van der Waals surface area contributed by atoms with Crippen LogP contribution < -0.4 is 10.2 Å². The first-order valence-corrected chi connectivity index (χ1v) is 7.97. The molecule has 23 heavy (non-hydrogen) atoms. The molecule has 1 aromatic rings. The molecule has 2 aliphatic rings. The first-order chi connectivity index (χ1) is 10.8. The van der Waals surface area contributed by atoms with Gasteiger partial charge in [0.05, 0.1) is 23.8 Å². The second-order valence-electron chi connectivity index (χ2n) is 6.47. The summed E-state index contributed by atoms with van der Waals surface area (Å²) < 4.78 is 40.3. The van der Waals surface area contributed by atoms with E-state index in [1.165, 1.54) is 0 Å². The van der Waals surface area contributed by atoms with E-state index in [4.69, 9.17) is 0 Å². The van der Waals surface area contributed by atoms with E-state index in [2.05, 4.69) is 10.4 Å². The first-order valence-electron chi connectivity index (χ1n) is 7.97. The molecule has 128 valence electrons. The minimum absolute atomic E-state index is 0.0696. The zero-order chi connectivity index (χ0) is 16.6. The van der Waals surface area contributed by atoms with Gasteiger partial charge in [0, 0.05) is 25.8 Å². The molecule has 1 saturated carbocycles. The minimum atomic E-state index is -4.14. The van der Waals surface area contributed by atoms with Gasteiger partial charge in [-0.15, -0.1) is 0 Å². The van der Waals surface area contributed by atoms with Crippen LogP contribution in [0.3, 0.4) is 0 Å². The molecule has 0 bridgehead atoms. The highest BCUT2D eigenvalue weighted by atomic mass is 19.4. The normalized spacial score (nSPS) is 29.3. The third kappa shape index (κ3) is 3.52. The molecule has 1 aromatic heterocycles. The lowest BCUT2D eigenvalue weighted by molar-refractivity contribution is -0.183. The number of anilines is 1. The number of nitrogens with zero attached hydrogens (tertiary/aromatic N) is 3. The summed E-state index contributed by atoms with van der Waals surface area (Å²) in [5.41, 5.74) is 0.735. The highest BCUT2D eigenvalue weighted by Crippen LogP contribution is 2.37. The maximum absolute atomic E-state index is 12.9. The summed E-state index contributed by atoms with van der Waals surface area (Å²) in [6.45, 7) is 0.567. The lowest BCUT2D eigenvalue weighted by Crippen LogP contribution is -2.47. The van der Waals surface area contributed by atoms with Gasteiger partial charge in [0.25, 0.3) is 0 Å². The maximum Gasteiger partial charge on any atom is 0.391 e. The van der Waals surface area contributed by atoms with Gasteiger partial charge in [-0.1, -0.05) is 6.42 Å². The van der Waals surface area contributed by atoms with E-state index in [9.17, 15) is 18.0 Å². The van der Waals surface area contributed by atoms with Crippen LogP contribution in [0.5, 0.6) is 0 Å². The first kappa shape index (κ1) is 16.3. The van der Waals surface area contributed by atoms with Crippen molar-refractivity contribution in [2.75, 3.05) is 11.4 Å². The van der Waals surface area contributed by atoms with Crippen LogP contribution in [0.4, 0.5) is 18.9 Å². The number of halogens is 3. The SMILES string of the molecule is Cn1cc(N2CC[C@H](N[C@@H]3CCC[C@@H](C(F)(F)F)C3)C2=O)cn1. The molecule has 0 aromatic carbocycles. The average Bonchev–Trinajstić information content (AvgIpc) is 3.06. The van der Waals surface area contributed by atoms with Crippen LogP contribution in [-0.2, 0) is 11.8 Å². The largest absolute Gasteiger partial charge is 0.391 e. The standard InChI is InChI=1S/C15H21F3N4O/c1-21-9-12(8-19-21)22-6-5-13(14(22)23)20-11-4-2-3-10(7-11)15(16,17)18/h8-11,13,20H,2-7H2,1H3/t10-,11-,13+/m1/s1. The van der Waals surface area contributed by atoms with Gasteiger partial charge >= 0.3 is 6.18 Å². The molecule has 1 N–H and O–H groups in total. The van der Waals surface area contributed by atoms with Crippen molar-refractivity contribution in [1.82, 2.24) is 15.1 Å². The topological polar surface area (TPSA) is 50.2 Å². The van der Waals surface area contributed by atoms with Crippen LogP contribution in [0.25, 0.3) is 0 Å². The predicted molar refractivity (Wildman–Crippen MR) is 78.9 cm³/mol. The number of alkyl halides is 3. The van der Waals surface area contributed by atoms with Gasteiger partial charge < -0.3 is 10.2 Å². The fourth-order valence-electron chi connectivity index (χ4n) is 3.56. The Morgan fingerprint density at radius 1 is 1.30 bits per heavy atom. The van der Waals surface area contributed by atoms with Crippen molar-refractivity contribution in [2.24, 2.45) is 13.0 Å². The Kier molecular flexibility index (Phi) is 4.35. The predicted octanol–water partition coefficient (Wildman–Crippen LogP) is 2.24. The molecule has 1 aliphatic carbocycles. The third-order valence-corrected chi connectivity index (χ3v) is 4.78. The number of rotatable bonds is 3. The van der Waals surface area contributed by atoms with Crippen LogP contribution in [0.15, 0.2) is 12.4 Å². The quantitative estimate of drug-likeness (QED) is 0.925. The van der Waals surface area contributed by atoms with Crippen LogP contribution in [-0.4, -0.2) is 40.5 Å². The van der Waals surface area contributed by atoms with E-state index in [0.29, 0.717) is 25.8 Å². The number of nitrogens with one attached hydrogen (secondary N) is 1. The summed E-state index contributed by atoms with van der Waals surface area (Å²) in [6.07, 6.45) is 1.38. The lowest BCUT2D eigenvalue weighted by Gasteiger charge is -2.32. The van der Waals surface area contributed by atoms with E-state index in [1.54, 1.807) is 29.0 Å². The van der Waals surface area contributed by atoms with Crippen molar-refractivity contribution in [3.05, 3.63) is 12.4 Å².